The summed E-state index contributed by atoms with van der Waals surface area (Å²) in [5.74, 6) is 0.293. The molecule has 0 aliphatic heterocycles. The average molecular weight is 373 g/mol. The first kappa shape index (κ1) is 17.7. The van der Waals surface area contributed by atoms with Gasteiger partial charge in [0.25, 0.3) is 11.5 Å². The van der Waals surface area contributed by atoms with E-state index in [0.717, 1.165) is 16.6 Å². The second-order valence-electron chi connectivity index (χ2n) is 6.53. The predicted molar refractivity (Wildman–Crippen MR) is 106 cm³/mol. The Morgan fingerprint density at radius 2 is 1.82 bits per heavy atom. The topological polar surface area (TPSA) is 92.7 Å². The largest absolute Gasteiger partial charge is 0.341 e. The molecule has 7 heteroatoms. The van der Waals surface area contributed by atoms with Gasteiger partial charge in [-0.05, 0) is 30.7 Å². The van der Waals surface area contributed by atoms with Crippen molar-refractivity contribution in [2.75, 3.05) is 0 Å². The van der Waals surface area contributed by atoms with Crippen LogP contribution in [0.2, 0.25) is 0 Å². The lowest BCUT2D eigenvalue weighted by atomic mass is 10.2. The molecule has 1 amide bonds. The average Bonchev–Trinajstić information content (AvgIpc) is 3.15. The molecule has 0 unspecified atom stereocenters. The number of amides is 1. The minimum Gasteiger partial charge on any atom is -0.341 e. The molecule has 2 aromatic carbocycles. The van der Waals surface area contributed by atoms with Gasteiger partial charge in [0, 0.05) is 6.07 Å². The van der Waals surface area contributed by atoms with Crippen molar-refractivity contribution >= 4 is 16.9 Å². The highest BCUT2D eigenvalue weighted by Crippen LogP contribution is 2.15. The van der Waals surface area contributed by atoms with Crippen molar-refractivity contribution in [2.45, 2.75) is 19.5 Å². The minimum absolute atomic E-state index is 0.179. The maximum Gasteiger partial charge on any atom is 0.272 e. The van der Waals surface area contributed by atoms with Crippen LogP contribution >= 0.6 is 0 Å². The Hall–Kier alpha value is -3.74. The molecule has 0 saturated carbocycles. The minimum atomic E-state index is -0.366. The van der Waals surface area contributed by atoms with E-state index in [4.69, 9.17) is 0 Å². The second-order valence-corrected chi connectivity index (χ2v) is 6.53. The van der Waals surface area contributed by atoms with E-state index in [2.05, 4.69) is 20.4 Å². The Bertz CT molecular complexity index is 1150. The number of nitrogens with one attached hydrogen (secondary N) is 2. The molecular formula is C21H19N5O2. The summed E-state index contributed by atoms with van der Waals surface area (Å²) in [7, 11) is 0. The number of hydrogen-bond acceptors (Lipinski definition) is 4. The van der Waals surface area contributed by atoms with Gasteiger partial charge < -0.3 is 10.3 Å². The normalized spacial score (nSPS) is 12.0. The fourth-order valence-electron chi connectivity index (χ4n) is 2.96. The maximum atomic E-state index is 12.6. The van der Waals surface area contributed by atoms with E-state index in [0.29, 0.717) is 12.4 Å². The molecule has 0 fully saturated rings. The van der Waals surface area contributed by atoms with Crippen LogP contribution in [0, 0.1) is 0 Å². The lowest BCUT2D eigenvalue weighted by Gasteiger charge is -2.12. The number of aromatic nitrogens is 4. The number of rotatable bonds is 5. The summed E-state index contributed by atoms with van der Waals surface area (Å²) in [5.41, 5.74) is 2.61. The first-order valence-electron chi connectivity index (χ1n) is 8.98. The van der Waals surface area contributed by atoms with E-state index in [9.17, 15) is 9.59 Å². The molecular weight excluding hydrogens is 354 g/mol. The van der Waals surface area contributed by atoms with Gasteiger partial charge in [-0.2, -0.15) is 5.10 Å². The molecule has 0 aliphatic carbocycles. The standard InChI is InChI=1S/C21H19N5O2/c1-14(20-23-16-9-5-6-10-17(16)24-20)22-21(28)18-11-12-19(27)26(25-18)13-15-7-3-2-4-8-15/h2-12,14H,13H2,1H3,(H,22,28)(H,23,24)/t14-/m1/s1. The van der Waals surface area contributed by atoms with Gasteiger partial charge >= 0.3 is 0 Å². The molecule has 0 saturated heterocycles. The highest BCUT2D eigenvalue weighted by Gasteiger charge is 2.16. The van der Waals surface area contributed by atoms with Gasteiger partial charge in [0.2, 0.25) is 0 Å². The number of benzene rings is 2. The van der Waals surface area contributed by atoms with E-state index in [1.165, 1.54) is 16.8 Å². The summed E-state index contributed by atoms with van der Waals surface area (Å²) in [6.45, 7) is 2.15. The number of para-hydroxylation sites is 2. The van der Waals surface area contributed by atoms with Crippen LogP contribution < -0.4 is 10.9 Å². The number of carbonyl (C=O) groups excluding carboxylic acids is 1. The highest BCUT2D eigenvalue weighted by molar-refractivity contribution is 5.92. The molecule has 28 heavy (non-hydrogen) atoms. The number of imidazole rings is 1. The molecule has 2 N–H and O–H groups in total. The zero-order valence-electron chi connectivity index (χ0n) is 15.3. The predicted octanol–water partition coefficient (Wildman–Crippen LogP) is 2.66. The molecule has 0 bridgehead atoms. The van der Waals surface area contributed by atoms with Gasteiger partial charge in [0.1, 0.15) is 11.5 Å². The summed E-state index contributed by atoms with van der Waals surface area (Å²) in [5, 5.41) is 7.09. The lowest BCUT2D eigenvalue weighted by Crippen LogP contribution is -2.31. The summed E-state index contributed by atoms with van der Waals surface area (Å²) >= 11 is 0. The Labute approximate surface area is 161 Å². The number of nitrogens with zero attached hydrogens (tertiary/aromatic N) is 3. The zero-order valence-corrected chi connectivity index (χ0v) is 15.3. The van der Waals surface area contributed by atoms with E-state index in [1.807, 2.05) is 61.5 Å². The van der Waals surface area contributed by atoms with Crippen molar-refractivity contribution in [3.8, 4) is 0 Å². The van der Waals surface area contributed by atoms with Crippen LogP contribution in [0.4, 0.5) is 0 Å². The molecule has 2 aromatic heterocycles. The van der Waals surface area contributed by atoms with Crippen molar-refractivity contribution in [2.24, 2.45) is 0 Å². The molecule has 2 heterocycles. The summed E-state index contributed by atoms with van der Waals surface area (Å²) in [6, 6.07) is 19.6. The van der Waals surface area contributed by atoms with Crippen molar-refractivity contribution in [1.82, 2.24) is 25.1 Å². The fraction of sp³-hybridized carbons (Fsp3) is 0.143. The molecule has 7 nitrogen and oxygen atoms in total. The van der Waals surface area contributed by atoms with Crippen molar-refractivity contribution in [3.05, 3.63) is 94.2 Å². The number of H-pyrrole nitrogens is 1. The van der Waals surface area contributed by atoms with E-state index >= 15 is 0 Å². The van der Waals surface area contributed by atoms with Gasteiger partial charge in [0.15, 0.2) is 0 Å². The van der Waals surface area contributed by atoms with Crippen LogP contribution in [0.5, 0.6) is 0 Å². The van der Waals surface area contributed by atoms with Gasteiger partial charge in [0.05, 0.1) is 23.6 Å². The zero-order chi connectivity index (χ0) is 19.5. The summed E-state index contributed by atoms with van der Waals surface area (Å²) < 4.78 is 1.29. The first-order valence-corrected chi connectivity index (χ1v) is 8.98. The fourth-order valence-corrected chi connectivity index (χ4v) is 2.96. The molecule has 4 rings (SSSR count). The third kappa shape index (κ3) is 3.68. The van der Waals surface area contributed by atoms with Crippen LogP contribution in [0.1, 0.15) is 34.8 Å². The molecule has 140 valence electrons. The first-order chi connectivity index (χ1) is 13.6. The lowest BCUT2D eigenvalue weighted by molar-refractivity contribution is 0.0931. The monoisotopic (exact) mass is 373 g/mol. The summed E-state index contributed by atoms with van der Waals surface area (Å²) in [6.07, 6.45) is 0. The molecule has 0 aliphatic rings. The van der Waals surface area contributed by atoms with Gasteiger partial charge in [-0.1, -0.05) is 42.5 Å². The Morgan fingerprint density at radius 3 is 2.61 bits per heavy atom. The van der Waals surface area contributed by atoms with E-state index in [-0.39, 0.29) is 23.2 Å². The van der Waals surface area contributed by atoms with Crippen molar-refractivity contribution < 1.29 is 4.79 Å². The number of hydrogen-bond donors (Lipinski definition) is 2. The maximum absolute atomic E-state index is 12.6. The van der Waals surface area contributed by atoms with E-state index < -0.39 is 0 Å². The third-order valence-corrected chi connectivity index (χ3v) is 4.44. The number of fused-ring (bicyclic) bond motifs is 1. The van der Waals surface area contributed by atoms with Crippen LogP contribution in [0.3, 0.4) is 0 Å². The van der Waals surface area contributed by atoms with Crippen LogP contribution in [-0.4, -0.2) is 25.7 Å². The molecule has 0 radical (unpaired) electrons. The smallest absolute Gasteiger partial charge is 0.272 e. The Kier molecular flexibility index (Phi) is 4.72. The van der Waals surface area contributed by atoms with Gasteiger partial charge in [-0.15, -0.1) is 0 Å². The number of aromatic amines is 1. The van der Waals surface area contributed by atoms with Crippen LogP contribution in [-0.2, 0) is 6.54 Å². The van der Waals surface area contributed by atoms with Gasteiger partial charge in [-0.25, -0.2) is 9.67 Å². The van der Waals surface area contributed by atoms with Crippen LogP contribution in [0.15, 0.2) is 71.5 Å². The summed E-state index contributed by atoms with van der Waals surface area (Å²) in [4.78, 5) is 32.4. The Balaban J connectivity index is 1.52. The van der Waals surface area contributed by atoms with Crippen LogP contribution in [0.25, 0.3) is 11.0 Å². The quantitative estimate of drug-likeness (QED) is 0.562. The van der Waals surface area contributed by atoms with Crippen molar-refractivity contribution in [3.63, 3.8) is 0 Å². The van der Waals surface area contributed by atoms with Crippen molar-refractivity contribution in [1.29, 1.82) is 0 Å². The molecule has 4 aromatic rings. The molecule has 1 atom stereocenters. The third-order valence-electron chi connectivity index (χ3n) is 4.44. The van der Waals surface area contributed by atoms with Gasteiger partial charge in [-0.3, -0.25) is 9.59 Å². The van der Waals surface area contributed by atoms with E-state index in [1.54, 1.807) is 0 Å². The number of carbonyl (C=O) groups is 1. The second kappa shape index (κ2) is 7.48. The highest BCUT2D eigenvalue weighted by atomic mass is 16.2. The Morgan fingerprint density at radius 1 is 1.07 bits per heavy atom. The molecule has 0 spiro atoms. The SMILES string of the molecule is C[C@@H](NC(=O)c1ccc(=O)n(Cc2ccccc2)n1)c1nc2ccccc2[nH]1.